The molecule has 1 atom stereocenters. The summed E-state index contributed by atoms with van der Waals surface area (Å²) in [6.07, 6.45) is 0.719. The van der Waals surface area contributed by atoms with Gasteiger partial charge in [0.1, 0.15) is 0 Å². The van der Waals surface area contributed by atoms with Crippen molar-refractivity contribution in [2.75, 3.05) is 5.32 Å². The average molecular weight is 193 g/mol. The standard InChI is InChI=1S/C10H15N3O/c1-7(11)6-8-4-2-3-5-9(8)13-10(12)14/h2-5,7H,6,11H2,1H3,(H3,12,13,14). The quantitative estimate of drug-likeness (QED) is 0.671. The van der Waals surface area contributed by atoms with Crippen LogP contribution in [0.5, 0.6) is 0 Å². The maximum absolute atomic E-state index is 10.7. The largest absolute Gasteiger partial charge is 0.351 e. The number of rotatable bonds is 3. The topological polar surface area (TPSA) is 81.1 Å². The van der Waals surface area contributed by atoms with E-state index in [9.17, 15) is 4.79 Å². The van der Waals surface area contributed by atoms with Crippen LogP contribution in [0, 0.1) is 0 Å². The Kier molecular flexibility index (Phi) is 3.48. The number of primary amides is 1. The zero-order chi connectivity index (χ0) is 10.6. The Morgan fingerprint density at radius 3 is 2.71 bits per heavy atom. The van der Waals surface area contributed by atoms with Crippen molar-refractivity contribution < 1.29 is 4.79 Å². The van der Waals surface area contributed by atoms with Gasteiger partial charge in [-0.1, -0.05) is 18.2 Å². The highest BCUT2D eigenvalue weighted by atomic mass is 16.2. The number of para-hydroxylation sites is 1. The first-order valence-electron chi connectivity index (χ1n) is 4.49. The van der Waals surface area contributed by atoms with Crippen molar-refractivity contribution in [2.45, 2.75) is 19.4 Å². The van der Waals surface area contributed by atoms with E-state index in [1.54, 1.807) is 0 Å². The Morgan fingerprint density at radius 1 is 1.50 bits per heavy atom. The van der Waals surface area contributed by atoms with Gasteiger partial charge in [0.25, 0.3) is 0 Å². The van der Waals surface area contributed by atoms with E-state index < -0.39 is 6.03 Å². The van der Waals surface area contributed by atoms with Crippen LogP contribution in [0.3, 0.4) is 0 Å². The number of nitrogens with one attached hydrogen (secondary N) is 1. The van der Waals surface area contributed by atoms with E-state index in [0.29, 0.717) is 0 Å². The summed E-state index contributed by atoms with van der Waals surface area (Å²) in [6, 6.07) is 6.99. The second-order valence-corrected chi connectivity index (χ2v) is 3.33. The summed E-state index contributed by atoms with van der Waals surface area (Å²) in [7, 11) is 0. The molecule has 1 aromatic carbocycles. The Bertz CT molecular complexity index is 323. The Labute approximate surface area is 83.3 Å². The van der Waals surface area contributed by atoms with Gasteiger partial charge in [-0.25, -0.2) is 4.79 Å². The Balaban J connectivity index is 2.85. The molecular formula is C10H15N3O. The molecule has 76 valence electrons. The third-order valence-corrected chi connectivity index (χ3v) is 1.82. The van der Waals surface area contributed by atoms with Crippen LogP contribution in [0.25, 0.3) is 0 Å². The first-order valence-corrected chi connectivity index (χ1v) is 4.49. The highest BCUT2D eigenvalue weighted by molar-refractivity contribution is 5.88. The van der Waals surface area contributed by atoms with Gasteiger partial charge in [0.05, 0.1) is 0 Å². The van der Waals surface area contributed by atoms with E-state index in [1.807, 2.05) is 31.2 Å². The van der Waals surface area contributed by atoms with E-state index in [1.165, 1.54) is 0 Å². The number of carbonyl (C=O) groups is 1. The molecule has 5 N–H and O–H groups in total. The lowest BCUT2D eigenvalue weighted by Gasteiger charge is -2.11. The van der Waals surface area contributed by atoms with Gasteiger partial charge in [0.15, 0.2) is 0 Å². The molecule has 1 aromatic rings. The molecule has 0 aliphatic heterocycles. The van der Waals surface area contributed by atoms with Crippen LogP contribution in [0.4, 0.5) is 10.5 Å². The van der Waals surface area contributed by atoms with Crippen LogP contribution >= 0.6 is 0 Å². The molecular weight excluding hydrogens is 178 g/mol. The molecule has 0 radical (unpaired) electrons. The third-order valence-electron chi connectivity index (χ3n) is 1.82. The predicted molar refractivity (Wildman–Crippen MR) is 57.0 cm³/mol. The van der Waals surface area contributed by atoms with E-state index in [0.717, 1.165) is 17.7 Å². The fourth-order valence-corrected chi connectivity index (χ4v) is 1.30. The van der Waals surface area contributed by atoms with Crippen LogP contribution in [-0.2, 0) is 6.42 Å². The minimum atomic E-state index is -0.554. The van der Waals surface area contributed by atoms with Crippen molar-refractivity contribution in [3.8, 4) is 0 Å². The number of carbonyl (C=O) groups excluding carboxylic acids is 1. The number of nitrogens with two attached hydrogens (primary N) is 2. The van der Waals surface area contributed by atoms with Gasteiger partial charge in [-0.15, -0.1) is 0 Å². The molecule has 0 saturated carbocycles. The fraction of sp³-hybridized carbons (Fsp3) is 0.300. The van der Waals surface area contributed by atoms with Crippen molar-refractivity contribution in [3.05, 3.63) is 29.8 Å². The summed E-state index contributed by atoms with van der Waals surface area (Å²) in [4.78, 5) is 10.7. The molecule has 0 bridgehead atoms. The van der Waals surface area contributed by atoms with E-state index in [2.05, 4.69) is 5.32 Å². The zero-order valence-electron chi connectivity index (χ0n) is 8.16. The number of amides is 2. The summed E-state index contributed by atoms with van der Waals surface area (Å²) in [6.45, 7) is 1.92. The first kappa shape index (κ1) is 10.5. The minimum Gasteiger partial charge on any atom is -0.351 e. The van der Waals surface area contributed by atoms with Gasteiger partial charge < -0.3 is 16.8 Å². The monoisotopic (exact) mass is 193 g/mol. The third kappa shape index (κ3) is 3.06. The van der Waals surface area contributed by atoms with Gasteiger partial charge >= 0.3 is 6.03 Å². The summed E-state index contributed by atoms with van der Waals surface area (Å²) < 4.78 is 0. The van der Waals surface area contributed by atoms with Gasteiger partial charge in [0, 0.05) is 11.7 Å². The lowest BCUT2D eigenvalue weighted by molar-refractivity contribution is 0.259. The van der Waals surface area contributed by atoms with Gasteiger partial charge in [0.2, 0.25) is 0 Å². The van der Waals surface area contributed by atoms with E-state index in [4.69, 9.17) is 11.5 Å². The molecule has 0 saturated heterocycles. The molecule has 0 aliphatic carbocycles. The zero-order valence-corrected chi connectivity index (χ0v) is 8.16. The van der Waals surface area contributed by atoms with Crippen molar-refractivity contribution in [2.24, 2.45) is 11.5 Å². The van der Waals surface area contributed by atoms with Gasteiger partial charge in [-0.05, 0) is 25.0 Å². The first-order chi connectivity index (χ1) is 6.59. The number of anilines is 1. The van der Waals surface area contributed by atoms with Crippen LogP contribution in [0.15, 0.2) is 24.3 Å². The number of hydrogen-bond acceptors (Lipinski definition) is 2. The Morgan fingerprint density at radius 2 is 2.14 bits per heavy atom. The number of hydrogen-bond donors (Lipinski definition) is 3. The molecule has 0 aliphatic rings. The van der Waals surface area contributed by atoms with Crippen molar-refractivity contribution >= 4 is 11.7 Å². The maximum atomic E-state index is 10.7. The molecule has 1 unspecified atom stereocenters. The molecule has 0 aromatic heterocycles. The van der Waals surface area contributed by atoms with Gasteiger partial charge in [-0.3, -0.25) is 0 Å². The van der Waals surface area contributed by atoms with Crippen LogP contribution in [0.1, 0.15) is 12.5 Å². The van der Waals surface area contributed by atoms with Crippen molar-refractivity contribution in [1.29, 1.82) is 0 Å². The lowest BCUT2D eigenvalue weighted by Crippen LogP contribution is -2.22. The SMILES string of the molecule is CC(N)Cc1ccccc1NC(N)=O. The minimum absolute atomic E-state index is 0.0610. The molecule has 1 rings (SSSR count). The fourth-order valence-electron chi connectivity index (χ4n) is 1.30. The molecule has 4 nitrogen and oxygen atoms in total. The average Bonchev–Trinajstić information content (AvgIpc) is 2.06. The van der Waals surface area contributed by atoms with Crippen LogP contribution in [0.2, 0.25) is 0 Å². The predicted octanol–water partition coefficient (Wildman–Crippen LogP) is 1.07. The Hall–Kier alpha value is -1.55. The number of benzene rings is 1. The molecule has 4 heteroatoms. The second-order valence-electron chi connectivity index (χ2n) is 3.33. The van der Waals surface area contributed by atoms with E-state index >= 15 is 0 Å². The van der Waals surface area contributed by atoms with Crippen LogP contribution in [-0.4, -0.2) is 12.1 Å². The smallest absolute Gasteiger partial charge is 0.316 e. The van der Waals surface area contributed by atoms with Crippen LogP contribution < -0.4 is 16.8 Å². The summed E-state index contributed by atoms with van der Waals surface area (Å²) in [5.74, 6) is 0. The van der Waals surface area contributed by atoms with Crippen molar-refractivity contribution in [1.82, 2.24) is 0 Å². The van der Waals surface area contributed by atoms with E-state index in [-0.39, 0.29) is 6.04 Å². The lowest BCUT2D eigenvalue weighted by atomic mass is 10.1. The summed E-state index contributed by atoms with van der Waals surface area (Å²) >= 11 is 0. The molecule has 14 heavy (non-hydrogen) atoms. The summed E-state index contributed by atoms with van der Waals surface area (Å²) in [5, 5.41) is 2.56. The second kappa shape index (κ2) is 4.62. The molecule has 0 spiro atoms. The normalized spacial score (nSPS) is 12.1. The maximum Gasteiger partial charge on any atom is 0.316 e. The van der Waals surface area contributed by atoms with Gasteiger partial charge in [-0.2, -0.15) is 0 Å². The highest BCUT2D eigenvalue weighted by Crippen LogP contribution is 2.15. The molecule has 2 amide bonds. The summed E-state index contributed by atoms with van der Waals surface area (Å²) in [5.41, 5.74) is 12.5. The number of urea groups is 1. The van der Waals surface area contributed by atoms with Crippen molar-refractivity contribution in [3.63, 3.8) is 0 Å². The molecule has 0 fully saturated rings. The molecule has 0 heterocycles. The highest BCUT2D eigenvalue weighted by Gasteiger charge is 2.05.